The molecule has 0 aliphatic carbocycles. The molecule has 0 radical (unpaired) electrons. The van der Waals surface area contributed by atoms with Crippen molar-refractivity contribution in [2.45, 2.75) is 78.2 Å². The molecule has 14 heavy (non-hydrogen) atoms. The Balaban J connectivity index is 3.49. The van der Waals surface area contributed by atoms with Crippen molar-refractivity contribution < 1.29 is 0 Å². The molecule has 1 heteroatoms. The predicted octanol–water partition coefficient (Wildman–Crippen LogP) is 4.13. The third-order valence-electron chi connectivity index (χ3n) is 2.75. The largest absolute Gasteiger partial charge is 0.314 e. The molecule has 0 aliphatic rings. The number of nitrogens with one attached hydrogen (secondary N) is 1. The van der Waals surface area contributed by atoms with Gasteiger partial charge in [0.2, 0.25) is 0 Å². The summed E-state index contributed by atoms with van der Waals surface area (Å²) >= 11 is 0. The van der Waals surface area contributed by atoms with Crippen molar-refractivity contribution in [2.75, 3.05) is 6.54 Å². The van der Waals surface area contributed by atoms with Crippen molar-refractivity contribution in [2.24, 2.45) is 0 Å². The van der Waals surface area contributed by atoms with Crippen molar-refractivity contribution >= 4 is 0 Å². The molecule has 86 valence electrons. The van der Waals surface area contributed by atoms with Gasteiger partial charge in [0, 0.05) is 6.04 Å². The van der Waals surface area contributed by atoms with E-state index in [-0.39, 0.29) is 0 Å². The van der Waals surface area contributed by atoms with Crippen LogP contribution in [0.4, 0.5) is 0 Å². The standard InChI is InChI=1S/C13H29N/c1-4-7-9-11-13(10-8-5-2)14-12-6-3/h13-14H,4-12H2,1-3H3. The maximum Gasteiger partial charge on any atom is 0.00670 e. The lowest BCUT2D eigenvalue weighted by Crippen LogP contribution is -2.29. The van der Waals surface area contributed by atoms with Gasteiger partial charge in [-0.25, -0.2) is 0 Å². The van der Waals surface area contributed by atoms with Crippen LogP contribution in [0.3, 0.4) is 0 Å². The van der Waals surface area contributed by atoms with Crippen LogP contribution in [0.15, 0.2) is 0 Å². The van der Waals surface area contributed by atoms with Crippen molar-refractivity contribution in [1.82, 2.24) is 5.32 Å². The van der Waals surface area contributed by atoms with E-state index in [1.165, 1.54) is 57.9 Å². The lowest BCUT2D eigenvalue weighted by molar-refractivity contribution is 0.423. The van der Waals surface area contributed by atoms with Crippen LogP contribution in [0.5, 0.6) is 0 Å². The molecule has 0 heterocycles. The second kappa shape index (κ2) is 11.0. The maximum absolute atomic E-state index is 3.66. The minimum atomic E-state index is 0.793. The van der Waals surface area contributed by atoms with Gasteiger partial charge in [-0.3, -0.25) is 0 Å². The first-order valence-corrected chi connectivity index (χ1v) is 6.58. The van der Waals surface area contributed by atoms with E-state index in [9.17, 15) is 0 Å². The summed E-state index contributed by atoms with van der Waals surface area (Å²) in [5, 5.41) is 3.66. The van der Waals surface area contributed by atoms with Crippen molar-refractivity contribution in [1.29, 1.82) is 0 Å². The monoisotopic (exact) mass is 199 g/mol. The Bertz CT molecular complexity index is 93.4. The first kappa shape index (κ1) is 14.0. The van der Waals surface area contributed by atoms with E-state index in [2.05, 4.69) is 26.1 Å². The molecule has 0 spiro atoms. The van der Waals surface area contributed by atoms with Gasteiger partial charge in [-0.05, 0) is 25.8 Å². The summed E-state index contributed by atoms with van der Waals surface area (Å²) in [5.41, 5.74) is 0. The number of rotatable bonds is 10. The third-order valence-corrected chi connectivity index (χ3v) is 2.75. The summed E-state index contributed by atoms with van der Waals surface area (Å²) in [4.78, 5) is 0. The second-order valence-electron chi connectivity index (χ2n) is 4.29. The molecule has 0 aromatic heterocycles. The molecular formula is C13H29N. The highest BCUT2D eigenvalue weighted by molar-refractivity contribution is 4.66. The third kappa shape index (κ3) is 8.55. The van der Waals surface area contributed by atoms with Crippen LogP contribution in [0.1, 0.15) is 72.1 Å². The molecule has 0 amide bonds. The molecule has 1 atom stereocenters. The van der Waals surface area contributed by atoms with Crippen LogP contribution >= 0.6 is 0 Å². The molecule has 0 bridgehead atoms. The zero-order valence-electron chi connectivity index (χ0n) is 10.4. The fourth-order valence-electron chi connectivity index (χ4n) is 1.79. The summed E-state index contributed by atoms with van der Waals surface area (Å²) in [6, 6.07) is 0.793. The van der Waals surface area contributed by atoms with Gasteiger partial charge >= 0.3 is 0 Å². The molecule has 1 N–H and O–H groups in total. The van der Waals surface area contributed by atoms with E-state index in [4.69, 9.17) is 0 Å². The van der Waals surface area contributed by atoms with Gasteiger partial charge in [-0.2, -0.15) is 0 Å². The Morgan fingerprint density at radius 3 is 2.00 bits per heavy atom. The van der Waals surface area contributed by atoms with Gasteiger partial charge in [0.1, 0.15) is 0 Å². The predicted molar refractivity (Wildman–Crippen MR) is 65.7 cm³/mol. The molecule has 0 saturated carbocycles. The van der Waals surface area contributed by atoms with Crippen LogP contribution in [0, 0.1) is 0 Å². The van der Waals surface area contributed by atoms with Gasteiger partial charge in [0.25, 0.3) is 0 Å². The summed E-state index contributed by atoms with van der Waals surface area (Å²) in [7, 11) is 0. The van der Waals surface area contributed by atoms with E-state index < -0.39 is 0 Å². The number of unbranched alkanes of at least 4 members (excludes halogenated alkanes) is 3. The lowest BCUT2D eigenvalue weighted by Gasteiger charge is -2.17. The van der Waals surface area contributed by atoms with Crippen LogP contribution in [0.2, 0.25) is 0 Å². The van der Waals surface area contributed by atoms with Gasteiger partial charge in [-0.15, -0.1) is 0 Å². The molecule has 1 unspecified atom stereocenters. The zero-order valence-corrected chi connectivity index (χ0v) is 10.4. The van der Waals surface area contributed by atoms with Gasteiger partial charge in [0.15, 0.2) is 0 Å². The van der Waals surface area contributed by atoms with E-state index in [0.717, 1.165) is 6.04 Å². The minimum absolute atomic E-state index is 0.793. The normalized spacial score (nSPS) is 13.1. The van der Waals surface area contributed by atoms with E-state index in [1.807, 2.05) is 0 Å². The number of hydrogen-bond donors (Lipinski definition) is 1. The highest BCUT2D eigenvalue weighted by Gasteiger charge is 2.05. The molecule has 0 rings (SSSR count). The van der Waals surface area contributed by atoms with Crippen molar-refractivity contribution in [3.63, 3.8) is 0 Å². The van der Waals surface area contributed by atoms with Gasteiger partial charge in [-0.1, -0.05) is 52.9 Å². The Kier molecular flexibility index (Phi) is 11.0. The van der Waals surface area contributed by atoms with Crippen molar-refractivity contribution in [3.8, 4) is 0 Å². The molecule has 0 aromatic carbocycles. The van der Waals surface area contributed by atoms with E-state index in [1.54, 1.807) is 0 Å². The summed E-state index contributed by atoms with van der Waals surface area (Å²) < 4.78 is 0. The second-order valence-corrected chi connectivity index (χ2v) is 4.29. The summed E-state index contributed by atoms with van der Waals surface area (Å²) in [6.07, 6.45) is 10.9. The van der Waals surface area contributed by atoms with E-state index >= 15 is 0 Å². The molecule has 0 saturated heterocycles. The Hall–Kier alpha value is -0.0400. The topological polar surface area (TPSA) is 12.0 Å². The SMILES string of the molecule is CCCCCC(CCCC)NCCC. The smallest absolute Gasteiger partial charge is 0.00670 e. The van der Waals surface area contributed by atoms with Crippen LogP contribution in [-0.4, -0.2) is 12.6 Å². The van der Waals surface area contributed by atoms with Crippen molar-refractivity contribution in [3.05, 3.63) is 0 Å². The first-order chi connectivity index (χ1) is 6.85. The highest BCUT2D eigenvalue weighted by atomic mass is 14.9. The highest BCUT2D eigenvalue weighted by Crippen LogP contribution is 2.09. The number of hydrogen-bond acceptors (Lipinski definition) is 1. The fourth-order valence-corrected chi connectivity index (χ4v) is 1.79. The zero-order chi connectivity index (χ0) is 10.6. The van der Waals surface area contributed by atoms with Crippen LogP contribution in [0.25, 0.3) is 0 Å². The average molecular weight is 199 g/mol. The molecule has 1 nitrogen and oxygen atoms in total. The van der Waals surface area contributed by atoms with Crippen LogP contribution < -0.4 is 5.32 Å². The lowest BCUT2D eigenvalue weighted by atomic mass is 10.0. The maximum atomic E-state index is 3.66. The summed E-state index contributed by atoms with van der Waals surface area (Å²) in [6.45, 7) is 8.00. The molecule has 0 aliphatic heterocycles. The minimum Gasteiger partial charge on any atom is -0.314 e. The first-order valence-electron chi connectivity index (χ1n) is 6.58. The Morgan fingerprint density at radius 1 is 0.786 bits per heavy atom. The Morgan fingerprint density at radius 2 is 1.43 bits per heavy atom. The Labute approximate surface area is 90.7 Å². The quantitative estimate of drug-likeness (QED) is 0.522. The van der Waals surface area contributed by atoms with Crippen LogP contribution in [-0.2, 0) is 0 Å². The van der Waals surface area contributed by atoms with Gasteiger partial charge < -0.3 is 5.32 Å². The average Bonchev–Trinajstić information content (AvgIpc) is 2.21. The molecule has 0 fully saturated rings. The van der Waals surface area contributed by atoms with Gasteiger partial charge in [0.05, 0.1) is 0 Å². The van der Waals surface area contributed by atoms with E-state index in [0.29, 0.717) is 0 Å². The molecular weight excluding hydrogens is 170 g/mol. The molecule has 0 aromatic rings. The summed E-state index contributed by atoms with van der Waals surface area (Å²) in [5.74, 6) is 0. The fraction of sp³-hybridized carbons (Fsp3) is 1.00.